The van der Waals surface area contributed by atoms with Gasteiger partial charge in [0, 0.05) is 62.9 Å². The van der Waals surface area contributed by atoms with Crippen LogP contribution >= 0.6 is 0 Å². The van der Waals surface area contributed by atoms with Crippen molar-refractivity contribution >= 4 is 17.4 Å². The van der Waals surface area contributed by atoms with E-state index in [0.29, 0.717) is 0 Å². The van der Waals surface area contributed by atoms with Crippen LogP contribution in [0.4, 0.5) is 16.2 Å². The van der Waals surface area contributed by atoms with Crippen molar-refractivity contribution in [1.29, 1.82) is 0 Å². The van der Waals surface area contributed by atoms with Gasteiger partial charge in [0.25, 0.3) is 0 Å². The van der Waals surface area contributed by atoms with Crippen molar-refractivity contribution in [1.82, 2.24) is 10.2 Å². The lowest BCUT2D eigenvalue weighted by atomic mass is 10.1. The van der Waals surface area contributed by atoms with Gasteiger partial charge in [-0.2, -0.15) is 0 Å². The fraction of sp³-hybridized carbons (Fsp3) is 0.632. The second kappa shape index (κ2) is 7.62. The topological polar surface area (TPSA) is 56.8 Å². The number of amides is 2. The molecular weight excluding hydrogens is 316 g/mol. The molecule has 0 unspecified atom stereocenters. The molecule has 0 bridgehead atoms. The van der Waals surface area contributed by atoms with Crippen LogP contribution in [0.25, 0.3) is 0 Å². The number of hydrogen-bond donors (Lipinski definition) is 2. The Labute approximate surface area is 149 Å². The van der Waals surface area contributed by atoms with Crippen LogP contribution < -0.4 is 15.5 Å². The summed E-state index contributed by atoms with van der Waals surface area (Å²) < 4.78 is 5.31. The van der Waals surface area contributed by atoms with E-state index in [2.05, 4.69) is 32.6 Å². The first kappa shape index (κ1) is 16.7. The highest BCUT2D eigenvalue weighted by atomic mass is 16.5. The predicted octanol–water partition coefficient (Wildman–Crippen LogP) is 2.27. The molecule has 4 rings (SSSR count). The lowest BCUT2D eigenvalue weighted by molar-refractivity contribution is 0.0806. The minimum Gasteiger partial charge on any atom is -0.381 e. The van der Waals surface area contributed by atoms with Crippen molar-refractivity contribution < 1.29 is 9.53 Å². The first-order chi connectivity index (χ1) is 12.3. The van der Waals surface area contributed by atoms with Gasteiger partial charge in [-0.3, -0.25) is 4.90 Å². The summed E-state index contributed by atoms with van der Waals surface area (Å²) in [5.41, 5.74) is 2.08. The predicted molar refractivity (Wildman–Crippen MR) is 99.2 cm³/mol. The van der Waals surface area contributed by atoms with Gasteiger partial charge in [-0.05, 0) is 49.9 Å². The van der Waals surface area contributed by atoms with Crippen molar-refractivity contribution in [2.24, 2.45) is 0 Å². The minimum atomic E-state index is -0.127. The van der Waals surface area contributed by atoms with E-state index < -0.39 is 0 Å². The lowest BCUT2D eigenvalue weighted by Crippen LogP contribution is -2.47. The van der Waals surface area contributed by atoms with Crippen LogP contribution in [0.3, 0.4) is 0 Å². The molecule has 25 heavy (non-hydrogen) atoms. The van der Waals surface area contributed by atoms with E-state index in [-0.39, 0.29) is 12.1 Å². The van der Waals surface area contributed by atoms with Gasteiger partial charge in [0.2, 0.25) is 0 Å². The summed E-state index contributed by atoms with van der Waals surface area (Å²) in [7, 11) is 0. The van der Waals surface area contributed by atoms with Gasteiger partial charge in [0.15, 0.2) is 0 Å². The van der Waals surface area contributed by atoms with Gasteiger partial charge >= 0.3 is 6.03 Å². The molecule has 6 heteroatoms. The average molecular weight is 344 g/mol. The highest BCUT2D eigenvalue weighted by molar-refractivity contribution is 5.89. The zero-order chi connectivity index (χ0) is 17.1. The number of ether oxygens (including phenoxy) is 1. The van der Waals surface area contributed by atoms with Crippen LogP contribution in [0.15, 0.2) is 24.3 Å². The van der Waals surface area contributed by atoms with E-state index in [1.165, 1.54) is 18.5 Å². The smallest absolute Gasteiger partial charge is 0.319 e. The first-order valence-corrected chi connectivity index (χ1v) is 9.52. The molecule has 3 fully saturated rings. The first-order valence-electron chi connectivity index (χ1n) is 9.52. The quantitative estimate of drug-likeness (QED) is 0.880. The maximum Gasteiger partial charge on any atom is 0.319 e. The average Bonchev–Trinajstić information content (AvgIpc) is 3.48. The Morgan fingerprint density at radius 2 is 1.64 bits per heavy atom. The number of piperazine rings is 1. The van der Waals surface area contributed by atoms with Gasteiger partial charge < -0.3 is 20.3 Å². The zero-order valence-corrected chi connectivity index (χ0v) is 14.7. The number of rotatable bonds is 4. The summed E-state index contributed by atoms with van der Waals surface area (Å²) in [5, 5.41) is 5.95. The van der Waals surface area contributed by atoms with Crippen molar-refractivity contribution in [3.63, 3.8) is 0 Å². The van der Waals surface area contributed by atoms with Crippen LogP contribution in [0.5, 0.6) is 0 Å². The number of benzene rings is 1. The Balaban J connectivity index is 1.25. The number of carbonyl (C=O) groups is 1. The Bertz CT molecular complexity index is 574. The van der Waals surface area contributed by atoms with Crippen molar-refractivity contribution in [2.75, 3.05) is 49.6 Å². The summed E-state index contributed by atoms with van der Waals surface area (Å²) in [6, 6.07) is 9.16. The Morgan fingerprint density at radius 1 is 0.960 bits per heavy atom. The van der Waals surface area contributed by atoms with Crippen LogP contribution in [0, 0.1) is 0 Å². The molecule has 1 aliphatic carbocycles. The minimum absolute atomic E-state index is 0.127. The summed E-state index contributed by atoms with van der Waals surface area (Å²) in [6.07, 6.45) is 4.55. The molecule has 0 aromatic heterocycles. The van der Waals surface area contributed by atoms with E-state index in [1.807, 2.05) is 12.1 Å². The van der Waals surface area contributed by atoms with E-state index in [1.54, 1.807) is 0 Å². The van der Waals surface area contributed by atoms with E-state index in [0.717, 1.165) is 64.0 Å². The number of carbonyl (C=O) groups excluding carboxylic acids is 1. The molecule has 2 saturated heterocycles. The number of hydrogen-bond acceptors (Lipinski definition) is 4. The monoisotopic (exact) mass is 344 g/mol. The highest BCUT2D eigenvalue weighted by Crippen LogP contribution is 2.28. The van der Waals surface area contributed by atoms with Gasteiger partial charge in [-0.1, -0.05) is 0 Å². The van der Waals surface area contributed by atoms with Gasteiger partial charge in [0.1, 0.15) is 0 Å². The summed E-state index contributed by atoms with van der Waals surface area (Å²) in [5.74, 6) is 0. The Hall–Kier alpha value is -1.79. The van der Waals surface area contributed by atoms with Crippen molar-refractivity contribution in [3.05, 3.63) is 24.3 Å². The zero-order valence-electron chi connectivity index (χ0n) is 14.7. The third kappa shape index (κ3) is 4.44. The molecule has 2 heterocycles. The summed E-state index contributed by atoms with van der Waals surface area (Å²) in [6.45, 7) is 5.97. The molecule has 136 valence electrons. The third-order valence-electron chi connectivity index (χ3n) is 5.42. The lowest BCUT2D eigenvalue weighted by Gasteiger charge is -2.36. The number of anilines is 2. The molecule has 6 nitrogen and oxygen atoms in total. The van der Waals surface area contributed by atoms with Crippen molar-refractivity contribution in [3.8, 4) is 0 Å². The molecule has 2 aliphatic heterocycles. The molecule has 2 amide bonds. The van der Waals surface area contributed by atoms with Crippen LogP contribution in [0.1, 0.15) is 25.7 Å². The van der Waals surface area contributed by atoms with Crippen LogP contribution in [-0.4, -0.2) is 62.4 Å². The van der Waals surface area contributed by atoms with Gasteiger partial charge in [0.05, 0.1) is 0 Å². The molecule has 1 saturated carbocycles. The van der Waals surface area contributed by atoms with Gasteiger partial charge in [-0.15, -0.1) is 0 Å². The number of nitrogens with one attached hydrogen (secondary N) is 2. The van der Waals surface area contributed by atoms with Crippen molar-refractivity contribution in [2.45, 2.75) is 37.8 Å². The van der Waals surface area contributed by atoms with Crippen LogP contribution in [0.2, 0.25) is 0 Å². The Kier molecular flexibility index (Phi) is 5.08. The molecule has 0 spiro atoms. The second-order valence-corrected chi connectivity index (χ2v) is 7.29. The molecule has 1 aromatic rings. The largest absolute Gasteiger partial charge is 0.381 e. The fourth-order valence-electron chi connectivity index (χ4n) is 3.74. The molecular formula is C19H28N4O2. The third-order valence-corrected chi connectivity index (χ3v) is 5.42. The molecule has 1 aromatic carbocycles. The maximum absolute atomic E-state index is 12.1. The molecule has 2 N–H and O–H groups in total. The second-order valence-electron chi connectivity index (χ2n) is 7.29. The van der Waals surface area contributed by atoms with E-state index in [4.69, 9.17) is 4.74 Å². The van der Waals surface area contributed by atoms with Gasteiger partial charge in [-0.25, -0.2) is 4.79 Å². The standard InChI is InChI=1S/C19H28N4O2/c24-19(21-16-7-13-25-14-8-16)20-15-1-3-17(4-2-15)22-9-11-23(12-10-22)18-5-6-18/h1-4,16,18H,5-14H2,(H2,20,21,24). The van der Waals surface area contributed by atoms with Crippen LogP contribution in [-0.2, 0) is 4.74 Å². The number of urea groups is 1. The maximum atomic E-state index is 12.1. The highest BCUT2D eigenvalue weighted by Gasteiger charge is 2.31. The number of nitrogens with zero attached hydrogens (tertiary/aromatic N) is 2. The summed E-state index contributed by atoms with van der Waals surface area (Å²) >= 11 is 0. The summed E-state index contributed by atoms with van der Waals surface area (Å²) in [4.78, 5) is 17.1. The molecule has 0 atom stereocenters. The normalized spacial score (nSPS) is 22.6. The van der Waals surface area contributed by atoms with E-state index >= 15 is 0 Å². The SMILES string of the molecule is O=C(Nc1ccc(N2CCN(C3CC3)CC2)cc1)NC1CCOCC1. The molecule has 3 aliphatic rings. The fourth-order valence-corrected chi connectivity index (χ4v) is 3.74. The van der Waals surface area contributed by atoms with E-state index in [9.17, 15) is 4.79 Å². The molecule has 0 radical (unpaired) electrons. The Morgan fingerprint density at radius 3 is 2.28 bits per heavy atom.